The molecule has 2 aromatic carbocycles. The summed E-state index contributed by atoms with van der Waals surface area (Å²) in [5.74, 6) is 0. The van der Waals surface area contributed by atoms with Crippen LogP contribution in [0.2, 0.25) is 0 Å². The van der Waals surface area contributed by atoms with Gasteiger partial charge in [0.1, 0.15) is 0 Å². The minimum absolute atomic E-state index is 0.111. The molecule has 4 amide bonds. The van der Waals surface area contributed by atoms with Gasteiger partial charge < -0.3 is 21.3 Å². The molecule has 6 heteroatoms. The highest BCUT2D eigenvalue weighted by atomic mass is 16.2. The number of primary amides is 2. The molecule has 0 radical (unpaired) electrons. The van der Waals surface area contributed by atoms with Crippen LogP contribution < -0.4 is 11.5 Å². The minimum Gasteiger partial charge on any atom is -0.351 e. The summed E-state index contributed by atoms with van der Waals surface area (Å²) >= 11 is 0. The normalized spacial score (nSPS) is 21.1. The summed E-state index contributed by atoms with van der Waals surface area (Å²) in [6.07, 6.45) is 0.800. The van der Waals surface area contributed by atoms with Crippen molar-refractivity contribution in [3.05, 3.63) is 70.8 Å². The Morgan fingerprint density at radius 1 is 0.840 bits per heavy atom. The molecule has 2 fully saturated rings. The van der Waals surface area contributed by atoms with Crippen LogP contribution in [0.15, 0.2) is 48.5 Å². The molecular weight excluding hydrogens is 316 g/mol. The number of nitrogens with two attached hydrogens (primary N) is 2. The van der Waals surface area contributed by atoms with E-state index in [4.69, 9.17) is 11.5 Å². The SMILES string of the molecule is NC(=O)N1CC1c1cccc(Cc2cccc(C3CN3C(N)=O)c2)c1. The summed E-state index contributed by atoms with van der Waals surface area (Å²) in [5.41, 5.74) is 15.3. The van der Waals surface area contributed by atoms with Gasteiger partial charge in [0.2, 0.25) is 0 Å². The van der Waals surface area contributed by atoms with Crippen molar-refractivity contribution >= 4 is 12.1 Å². The predicted molar refractivity (Wildman–Crippen MR) is 93.8 cm³/mol. The Morgan fingerprint density at radius 2 is 1.28 bits per heavy atom. The van der Waals surface area contributed by atoms with Gasteiger partial charge in [-0.1, -0.05) is 48.5 Å². The first-order chi connectivity index (χ1) is 12.0. The van der Waals surface area contributed by atoms with E-state index < -0.39 is 0 Å². The van der Waals surface area contributed by atoms with Crippen molar-refractivity contribution in [1.29, 1.82) is 0 Å². The van der Waals surface area contributed by atoms with Gasteiger partial charge in [0.25, 0.3) is 0 Å². The highest BCUT2D eigenvalue weighted by Crippen LogP contribution is 2.36. The monoisotopic (exact) mass is 336 g/mol. The van der Waals surface area contributed by atoms with Gasteiger partial charge >= 0.3 is 12.1 Å². The Labute approximate surface area is 146 Å². The van der Waals surface area contributed by atoms with Gasteiger partial charge in [-0.15, -0.1) is 0 Å². The number of hydrogen-bond donors (Lipinski definition) is 2. The van der Waals surface area contributed by atoms with E-state index in [2.05, 4.69) is 24.3 Å². The van der Waals surface area contributed by atoms with Crippen LogP contribution in [-0.4, -0.2) is 35.0 Å². The zero-order chi connectivity index (χ0) is 17.6. The first-order valence-corrected chi connectivity index (χ1v) is 8.33. The van der Waals surface area contributed by atoms with E-state index >= 15 is 0 Å². The third-order valence-corrected chi connectivity index (χ3v) is 4.87. The van der Waals surface area contributed by atoms with E-state index in [9.17, 15) is 9.59 Å². The maximum absolute atomic E-state index is 11.2. The first kappa shape index (κ1) is 15.5. The van der Waals surface area contributed by atoms with Crippen molar-refractivity contribution < 1.29 is 9.59 Å². The number of benzene rings is 2. The minimum atomic E-state index is -0.369. The molecule has 0 spiro atoms. The Balaban J connectivity index is 1.48. The molecule has 2 aliphatic rings. The second kappa shape index (κ2) is 5.81. The fourth-order valence-electron chi connectivity index (χ4n) is 3.39. The molecule has 25 heavy (non-hydrogen) atoms. The van der Waals surface area contributed by atoms with Crippen LogP contribution in [0.25, 0.3) is 0 Å². The lowest BCUT2D eigenvalue weighted by atomic mass is 9.99. The van der Waals surface area contributed by atoms with Crippen molar-refractivity contribution in [2.24, 2.45) is 11.5 Å². The standard InChI is InChI=1S/C19H20N4O2/c20-18(24)22-10-16(22)14-5-1-3-12(8-14)7-13-4-2-6-15(9-13)17-11-23(17)19(21)25/h1-6,8-9,16-17H,7,10-11H2,(H2,20,24)(H2,21,25). The van der Waals surface area contributed by atoms with Crippen LogP contribution in [0.5, 0.6) is 0 Å². The van der Waals surface area contributed by atoms with Gasteiger partial charge in [0.05, 0.1) is 12.1 Å². The maximum Gasteiger partial charge on any atom is 0.315 e. The molecule has 2 unspecified atom stereocenters. The van der Waals surface area contributed by atoms with Crippen molar-refractivity contribution in [3.63, 3.8) is 0 Å². The average Bonchev–Trinajstić information content (AvgIpc) is 3.47. The van der Waals surface area contributed by atoms with Crippen molar-refractivity contribution in [2.45, 2.75) is 18.5 Å². The average molecular weight is 336 g/mol. The van der Waals surface area contributed by atoms with Crippen LogP contribution >= 0.6 is 0 Å². The first-order valence-electron chi connectivity index (χ1n) is 8.33. The number of urea groups is 2. The Bertz CT molecular complexity index is 781. The van der Waals surface area contributed by atoms with Gasteiger partial charge in [-0.25, -0.2) is 9.59 Å². The van der Waals surface area contributed by atoms with Crippen LogP contribution in [-0.2, 0) is 6.42 Å². The van der Waals surface area contributed by atoms with Crippen LogP contribution in [0.4, 0.5) is 9.59 Å². The van der Waals surface area contributed by atoms with E-state index in [0.717, 1.165) is 17.5 Å². The topological polar surface area (TPSA) is 92.2 Å². The number of amides is 4. The lowest BCUT2D eigenvalue weighted by molar-refractivity contribution is 0.235. The highest BCUT2D eigenvalue weighted by Gasteiger charge is 2.39. The Kier molecular flexibility index (Phi) is 3.60. The Morgan fingerprint density at radius 3 is 1.64 bits per heavy atom. The lowest BCUT2D eigenvalue weighted by Gasteiger charge is -2.08. The number of rotatable bonds is 4. The second-order valence-corrected chi connectivity index (χ2v) is 6.68. The predicted octanol–water partition coefficient (Wildman–Crippen LogP) is 2.15. The lowest BCUT2D eigenvalue weighted by Crippen LogP contribution is -2.19. The third-order valence-electron chi connectivity index (χ3n) is 4.87. The number of nitrogens with zero attached hydrogens (tertiary/aromatic N) is 2. The summed E-state index contributed by atoms with van der Waals surface area (Å²) in [4.78, 5) is 25.7. The third kappa shape index (κ3) is 3.15. The van der Waals surface area contributed by atoms with E-state index in [1.165, 1.54) is 11.1 Å². The largest absolute Gasteiger partial charge is 0.351 e. The molecule has 2 aliphatic heterocycles. The summed E-state index contributed by atoms with van der Waals surface area (Å²) in [7, 11) is 0. The summed E-state index contributed by atoms with van der Waals surface area (Å²) in [6.45, 7) is 1.39. The van der Waals surface area contributed by atoms with Crippen LogP contribution in [0, 0.1) is 0 Å². The fourth-order valence-corrected chi connectivity index (χ4v) is 3.39. The van der Waals surface area contributed by atoms with Gasteiger partial charge in [-0.05, 0) is 28.7 Å². The molecule has 0 aromatic heterocycles. The summed E-state index contributed by atoms with van der Waals surface area (Å²) < 4.78 is 0. The zero-order valence-corrected chi connectivity index (χ0v) is 13.8. The van der Waals surface area contributed by atoms with Gasteiger partial charge in [0.15, 0.2) is 0 Å². The summed E-state index contributed by atoms with van der Waals surface area (Å²) in [6, 6.07) is 16.0. The molecule has 2 atom stereocenters. The van der Waals surface area contributed by atoms with Crippen molar-refractivity contribution in [3.8, 4) is 0 Å². The molecule has 2 aromatic rings. The molecular formula is C19H20N4O2. The smallest absolute Gasteiger partial charge is 0.315 e. The molecule has 0 saturated carbocycles. The van der Waals surface area contributed by atoms with Gasteiger partial charge in [-0.2, -0.15) is 0 Å². The van der Waals surface area contributed by atoms with E-state index in [-0.39, 0.29) is 24.1 Å². The molecule has 128 valence electrons. The Hall–Kier alpha value is -3.02. The molecule has 2 heterocycles. The molecule has 6 nitrogen and oxygen atoms in total. The maximum atomic E-state index is 11.2. The number of carbonyl (C=O) groups excluding carboxylic acids is 2. The molecule has 4 N–H and O–H groups in total. The summed E-state index contributed by atoms with van der Waals surface area (Å²) in [5, 5.41) is 0. The number of hydrogen-bond acceptors (Lipinski definition) is 2. The molecule has 2 saturated heterocycles. The van der Waals surface area contributed by atoms with Crippen LogP contribution in [0.3, 0.4) is 0 Å². The van der Waals surface area contributed by atoms with E-state index in [1.807, 2.05) is 24.3 Å². The van der Waals surface area contributed by atoms with Crippen LogP contribution in [0.1, 0.15) is 34.3 Å². The number of carbonyl (C=O) groups is 2. The molecule has 0 aliphatic carbocycles. The van der Waals surface area contributed by atoms with Gasteiger partial charge in [-0.3, -0.25) is 0 Å². The quantitative estimate of drug-likeness (QED) is 0.837. The highest BCUT2D eigenvalue weighted by molar-refractivity contribution is 5.76. The second-order valence-electron chi connectivity index (χ2n) is 6.68. The van der Waals surface area contributed by atoms with E-state index in [0.29, 0.717) is 13.1 Å². The molecule has 4 rings (SSSR count). The van der Waals surface area contributed by atoms with E-state index in [1.54, 1.807) is 9.80 Å². The zero-order valence-electron chi connectivity index (χ0n) is 13.8. The van der Waals surface area contributed by atoms with Gasteiger partial charge in [0, 0.05) is 13.1 Å². The van der Waals surface area contributed by atoms with Crippen molar-refractivity contribution in [2.75, 3.05) is 13.1 Å². The fraction of sp³-hybridized carbons (Fsp3) is 0.263. The van der Waals surface area contributed by atoms with Crippen molar-refractivity contribution in [1.82, 2.24) is 9.80 Å². The molecule has 0 bridgehead atoms.